The zero-order chi connectivity index (χ0) is 12.1. The fourth-order valence-electron chi connectivity index (χ4n) is 1.37. The smallest absolute Gasteiger partial charge is 0.319 e. The monoisotopic (exact) mass is 236 g/mol. The molecule has 1 atom stereocenters. The first-order valence-electron chi connectivity index (χ1n) is 5.68. The Bertz CT molecular complexity index is 391. The van der Waals surface area contributed by atoms with Gasteiger partial charge in [0.1, 0.15) is 18.5 Å². The maximum atomic E-state index is 11.4. The number of anilines is 1. The maximum Gasteiger partial charge on any atom is 0.319 e. The van der Waals surface area contributed by atoms with Gasteiger partial charge in [-0.3, -0.25) is 0 Å². The van der Waals surface area contributed by atoms with Crippen LogP contribution in [0.1, 0.15) is 6.92 Å². The number of hydrogen-bond donors (Lipinski definition) is 2. The predicted molar refractivity (Wildman–Crippen MR) is 64.4 cm³/mol. The molecule has 1 saturated heterocycles. The van der Waals surface area contributed by atoms with Crippen LogP contribution in [0.2, 0.25) is 0 Å². The lowest BCUT2D eigenvalue weighted by atomic mass is 10.3. The van der Waals surface area contributed by atoms with Gasteiger partial charge in [0.2, 0.25) is 0 Å². The highest BCUT2D eigenvalue weighted by molar-refractivity contribution is 5.90. The molecule has 17 heavy (non-hydrogen) atoms. The predicted octanol–water partition coefficient (Wildman–Crippen LogP) is 1.61. The van der Waals surface area contributed by atoms with Crippen molar-refractivity contribution in [3.8, 4) is 5.75 Å². The van der Waals surface area contributed by atoms with Crippen LogP contribution in [0.15, 0.2) is 24.3 Å². The minimum atomic E-state index is -0.230. The summed E-state index contributed by atoms with van der Waals surface area (Å²) in [5.41, 5.74) is 0.666. The Labute approximate surface area is 100 Å². The Hall–Kier alpha value is -1.75. The minimum absolute atomic E-state index is 0.201. The molecular weight excluding hydrogens is 220 g/mol. The van der Waals surface area contributed by atoms with Gasteiger partial charge >= 0.3 is 6.03 Å². The third-order valence-corrected chi connectivity index (χ3v) is 2.30. The van der Waals surface area contributed by atoms with E-state index in [1.807, 2.05) is 25.1 Å². The van der Waals surface area contributed by atoms with Gasteiger partial charge in [-0.25, -0.2) is 4.79 Å². The fourth-order valence-corrected chi connectivity index (χ4v) is 1.37. The third kappa shape index (κ3) is 3.64. The standard InChI is InChI=1S/C12H16N2O3/c1-2-13-12(15)14-10-5-3-4-6-11(10)17-8-9-7-16-9/h3-6,9H,2,7-8H2,1H3,(H2,13,14,15)/t9-/m0/s1. The van der Waals surface area contributed by atoms with E-state index in [-0.39, 0.29) is 12.1 Å². The van der Waals surface area contributed by atoms with Gasteiger partial charge in [0.05, 0.1) is 12.3 Å². The average molecular weight is 236 g/mol. The van der Waals surface area contributed by atoms with E-state index in [0.29, 0.717) is 24.6 Å². The molecule has 2 amide bonds. The highest BCUT2D eigenvalue weighted by Crippen LogP contribution is 2.24. The zero-order valence-corrected chi connectivity index (χ0v) is 9.73. The number of para-hydroxylation sites is 2. The topological polar surface area (TPSA) is 62.9 Å². The summed E-state index contributed by atoms with van der Waals surface area (Å²) in [7, 11) is 0. The molecule has 92 valence electrons. The highest BCUT2D eigenvalue weighted by Gasteiger charge is 2.23. The van der Waals surface area contributed by atoms with Crippen LogP contribution in [0, 0.1) is 0 Å². The van der Waals surface area contributed by atoms with Crippen molar-refractivity contribution < 1.29 is 14.3 Å². The van der Waals surface area contributed by atoms with Crippen LogP contribution in [0.5, 0.6) is 5.75 Å². The quantitative estimate of drug-likeness (QED) is 0.763. The number of carbonyl (C=O) groups excluding carboxylic acids is 1. The van der Waals surface area contributed by atoms with Crippen LogP contribution < -0.4 is 15.4 Å². The van der Waals surface area contributed by atoms with E-state index in [0.717, 1.165) is 6.61 Å². The van der Waals surface area contributed by atoms with Crippen molar-refractivity contribution in [2.24, 2.45) is 0 Å². The van der Waals surface area contributed by atoms with Gasteiger partial charge in [-0.2, -0.15) is 0 Å². The van der Waals surface area contributed by atoms with E-state index >= 15 is 0 Å². The normalized spacial score (nSPS) is 17.4. The molecule has 1 aromatic carbocycles. The van der Waals surface area contributed by atoms with Gasteiger partial charge in [-0.15, -0.1) is 0 Å². The highest BCUT2D eigenvalue weighted by atomic mass is 16.6. The number of nitrogens with one attached hydrogen (secondary N) is 2. The summed E-state index contributed by atoms with van der Waals surface area (Å²) in [5.74, 6) is 0.661. The first-order valence-corrected chi connectivity index (χ1v) is 5.68. The van der Waals surface area contributed by atoms with Crippen molar-refractivity contribution in [1.29, 1.82) is 0 Å². The van der Waals surface area contributed by atoms with Crippen molar-refractivity contribution in [3.63, 3.8) is 0 Å². The summed E-state index contributed by atoms with van der Waals surface area (Å²) in [6, 6.07) is 7.11. The second-order valence-electron chi connectivity index (χ2n) is 3.75. The SMILES string of the molecule is CCNC(=O)Nc1ccccc1OC[C@@H]1CO1. The third-order valence-electron chi connectivity index (χ3n) is 2.30. The lowest BCUT2D eigenvalue weighted by Crippen LogP contribution is -2.28. The van der Waals surface area contributed by atoms with Crippen LogP contribution in [0.4, 0.5) is 10.5 Å². The van der Waals surface area contributed by atoms with Gasteiger partial charge in [-0.1, -0.05) is 12.1 Å². The van der Waals surface area contributed by atoms with Crippen LogP contribution in [-0.4, -0.2) is 31.9 Å². The van der Waals surface area contributed by atoms with Crippen molar-refractivity contribution in [3.05, 3.63) is 24.3 Å². The summed E-state index contributed by atoms with van der Waals surface area (Å²) in [5, 5.41) is 5.41. The van der Waals surface area contributed by atoms with Gasteiger partial charge in [0, 0.05) is 6.54 Å². The number of benzene rings is 1. The summed E-state index contributed by atoms with van der Waals surface area (Å²) in [6.07, 6.45) is 0.201. The van der Waals surface area contributed by atoms with Crippen LogP contribution in [0.25, 0.3) is 0 Å². The summed E-state index contributed by atoms with van der Waals surface area (Å²) in [6.45, 7) is 3.73. The molecule has 5 heteroatoms. The van der Waals surface area contributed by atoms with Gasteiger partial charge in [-0.05, 0) is 19.1 Å². The second-order valence-corrected chi connectivity index (χ2v) is 3.75. The average Bonchev–Trinajstić information content (AvgIpc) is 3.12. The van der Waals surface area contributed by atoms with Crippen LogP contribution >= 0.6 is 0 Å². The Morgan fingerprint density at radius 2 is 2.29 bits per heavy atom. The lowest BCUT2D eigenvalue weighted by molar-refractivity contribution is 0.251. The maximum absolute atomic E-state index is 11.4. The molecule has 1 aliphatic rings. The molecule has 5 nitrogen and oxygen atoms in total. The van der Waals surface area contributed by atoms with E-state index < -0.39 is 0 Å². The Morgan fingerprint density at radius 3 is 3.00 bits per heavy atom. The molecule has 0 aromatic heterocycles. The van der Waals surface area contributed by atoms with Crippen LogP contribution in [-0.2, 0) is 4.74 Å². The van der Waals surface area contributed by atoms with Gasteiger partial charge in [0.25, 0.3) is 0 Å². The molecule has 0 saturated carbocycles. The number of hydrogen-bond acceptors (Lipinski definition) is 3. The zero-order valence-electron chi connectivity index (χ0n) is 9.73. The first-order chi connectivity index (χ1) is 8.29. The summed E-state index contributed by atoms with van der Waals surface area (Å²) in [4.78, 5) is 11.4. The molecule has 0 unspecified atom stereocenters. The van der Waals surface area contributed by atoms with Crippen molar-refractivity contribution in [2.75, 3.05) is 25.1 Å². The number of urea groups is 1. The minimum Gasteiger partial charge on any atom is -0.489 e. The van der Waals surface area contributed by atoms with Gasteiger partial charge < -0.3 is 20.1 Å². The lowest BCUT2D eigenvalue weighted by Gasteiger charge is -2.11. The van der Waals surface area contributed by atoms with E-state index in [1.54, 1.807) is 6.07 Å². The fraction of sp³-hybridized carbons (Fsp3) is 0.417. The molecule has 2 N–H and O–H groups in total. The number of epoxide rings is 1. The number of rotatable bonds is 5. The van der Waals surface area contributed by atoms with Crippen LogP contribution in [0.3, 0.4) is 0 Å². The molecule has 0 spiro atoms. The summed E-state index contributed by atoms with van der Waals surface area (Å²) < 4.78 is 10.6. The molecule has 1 aromatic rings. The van der Waals surface area contributed by atoms with Gasteiger partial charge in [0.15, 0.2) is 0 Å². The Morgan fingerprint density at radius 1 is 1.53 bits per heavy atom. The van der Waals surface area contributed by atoms with E-state index in [2.05, 4.69) is 10.6 Å². The van der Waals surface area contributed by atoms with E-state index in [1.165, 1.54) is 0 Å². The molecule has 2 rings (SSSR count). The molecule has 1 aliphatic heterocycles. The summed E-state index contributed by atoms with van der Waals surface area (Å²) >= 11 is 0. The number of amides is 2. The Balaban J connectivity index is 1.96. The second kappa shape index (κ2) is 5.54. The molecule has 0 bridgehead atoms. The van der Waals surface area contributed by atoms with E-state index in [4.69, 9.17) is 9.47 Å². The molecule has 1 fully saturated rings. The molecule has 0 aliphatic carbocycles. The molecule has 0 radical (unpaired) electrons. The number of ether oxygens (including phenoxy) is 2. The van der Waals surface area contributed by atoms with Crippen molar-refractivity contribution in [2.45, 2.75) is 13.0 Å². The Kier molecular flexibility index (Phi) is 3.82. The first kappa shape index (κ1) is 11.7. The number of carbonyl (C=O) groups is 1. The largest absolute Gasteiger partial charge is 0.489 e. The molecule has 1 heterocycles. The molecular formula is C12H16N2O3. The van der Waals surface area contributed by atoms with Crippen molar-refractivity contribution in [1.82, 2.24) is 5.32 Å². The van der Waals surface area contributed by atoms with E-state index in [9.17, 15) is 4.79 Å². The van der Waals surface area contributed by atoms with Crippen molar-refractivity contribution >= 4 is 11.7 Å².